The lowest BCUT2D eigenvalue weighted by Gasteiger charge is -2.14. The first-order valence-electron chi connectivity index (χ1n) is 6.13. The smallest absolute Gasteiger partial charge is 0.0412 e. The molecule has 0 aliphatic carbocycles. The van der Waals surface area contributed by atoms with Crippen molar-refractivity contribution in [1.29, 1.82) is 0 Å². The summed E-state index contributed by atoms with van der Waals surface area (Å²) < 4.78 is 0. The number of hydrogen-bond acceptors (Lipinski definition) is 1. The van der Waals surface area contributed by atoms with Crippen LogP contribution in [0.1, 0.15) is 16.7 Å². The lowest BCUT2D eigenvalue weighted by molar-refractivity contribution is 0.819. The minimum absolute atomic E-state index is 0.783. The van der Waals surface area contributed by atoms with Gasteiger partial charge >= 0.3 is 0 Å². The number of nitrogens with one attached hydrogen (secondary N) is 1. The zero-order valence-corrected chi connectivity index (χ0v) is 11.8. The Kier molecular flexibility index (Phi) is 4.05. The molecule has 0 radical (unpaired) electrons. The predicted molar refractivity (Wildman–Crippen MR) is 79.1 cm³/mol. The normalized spacial score (nSPS) is 10.7. The van der Waals surface area contributed by atoms with Gasteiger partial charge in [0.2, 0.25) is 0 Å². The SMILES string of the molecule is CNCc1ccc(Cl)cc1-c1cccc(C)c1C. The first-order valence-corrected chi connectivity index (χ1v) is 6.51. The first-order chi connectivity index (χ1) is 8.63. The molecule has 0 aromatic heterocycles. The molecule has 18 heavy (non-hydrogen) atoms. The van der Waals surface area contributed by atoms with Crippen molar-refractivity contribution in [3.8, 4) is 11.1 Å². The van der Waals surface area contributed by atoms with E-state index in [1.165, 1.54) is 27.8 Å². The van der Waals surface area contributed by atoms with Gasteiger partial charge in [0.05, 0.1) is 0 Å². The zero-order valence-electron chi connectivity index (χ0n) is 11.0. The van der Waals surface area contributed by atoms with E-state index >= 15 is 0 Å². The van der Waals surface area contributed by atoms with E-state index in [4.69, 9.17) is 11.6 Å². The van der Waals surface area contributed by atoms with Crippen molar-refractivity contribution in [2.75, 3.05) is 7.05 Å². The Hall–Kier alpha value is -1.31. The summed E-state index contributed by atoms with van der Waals surface area (Å²) in [6, 6.07) is 12.5. The van der Waals surface area contributed by atoms with E-state index in [0.29, 0.717) is 0 Å². The fourth-order valence-corrected chi connectivity index (χ4v) is 2.36. The van der Waals surface area contributed by atoms with Crippen molar-refractivity contribution in [1.82, 2.24) is 5.32 Å². The van der Waals surface area contributed by atoms with Gasteiger partial charge < -0.3 is 5.32 Å². The van der Waals surface area contributed by atoms with Crippen LogP contribution in [0.2, 0.25) is 5.02 Å². The predicted octanol–water partition coefficient (Wildman–Crippen LogP) is 4.34. The van der Waals surface area contributed by atoms with Crippen LogP contribution in [0.4, 0.5) is 0 Å². The van der Waals surface area contributed by atoms with Gasteiger partial charge in [0, 0.05) is 11.6 Å². The van der Waals surface area contributed by atoms with Gasteiger partial charge in [0.25, 0.3) is 0 Å². The second-order valence-electron chi connectivity index (χ2n) is 4.58. The molecule has 1 nitrogen and oxygen atoms in total. The fraction of sp³-hybridized carbons (Fsp3) is 0.250. The highest BCUT2D eigenvalue weighted by Crippen LogP contribution is 2.30. The molecule has 0 unspecified atom stereocenters. The van der Waals surface area contributed by atoms with Crippen LogP contribution in [0.3, 0.4) is 0 Å². The van der Waals surface area contributed by atoms with Gasteiger partial charge in [-0.25, -0.2) is 0 Å². The van der Waals surface area contributed by atoms with Crippen LogP contribution in [-0.4, -0.2) is 7.05 Å². The highest BCUT2D eigenvalue weighted by Gasteiger charge is 2.09. The van der Waals surface area contributed by atoms with Gasteiger partial charge in [-0.05, 0) is 60.8 Å². The molecule has 0 saturated heterocycles. The number of halogens is 1. The van der Waals surface area contributed by atoms with Crippen LogP contribution in [-0.2, 0) is 6.54 Å². The van der Waals surface area contributed by atoms with Gasteiger partial charge in [0.15, 0.2) is 0 Å². The lowest BCUT2D eigenvalue weighted by Crippen LogP contribution is -2.06. The number of benzene rings is 2. The summed E-state index contributed by atoms with van der Waals surface area (Å²) in [4.78, 5) is 0. The molecular formula is C16H18ClN. The Bertz CT molecular complexity index is 561. The van der Waals surface area contributed by atoms with Gasteiger partial charge in [-0.1, -0.05) is 35.9 Å². The molecule has 0 bridgehead atoms. The highest BCUT2D eigenvalue weighted by atomic mass is 35.5. The largest absolute Gasteiger partial charge is 0.316 e. The minimum Gasteiger partial charge on any atom is -0.316 e. The Morgan fingerprint density at radius 1 is 1.06 bits per heavy atom. The molecule has 0 heterocycles. The maximum atomic E-state index is 6.14. The number of hydrogen-bond donors (Lipinski definition) is 1. The van der Waals surface area contributed by atoms with E-state index < -0.39 is 0 Å². The lowest BCUT2D eigenvalue weighted by atomic mass is 9.93. The van der Waals surface area contributed by atoms with Gasteiger partial charge in [-0.2, -0.15) is 0 Å². The third kappa shape index (κ3) is 2.58. The molecule has 0 aliphatic rings. The van der Waals surface area contributed by atoms with Crippen LogP contribution in [0.25, 0.3) is 11.1 Å². The maximum absolute atomic E-state index is 6.14. The van der Waals surface area contributed by atoms with Gasteiger partial charge in [-0.15, -0.1) is 0 Å². The van der Waals surface area contributed by atoms with Crippen molar-refractivity contribution >= 4 is 11.6 Å². The average Bonchev–Trinajstić information content (AvgIpc) is 2.35. The van der Waals surface area contributed by atoms with Crippen LogP contribution >= 0.6 is 11.6 Å². The molecular weight excluding hydrogens is 242 g/mol. The Balaban J connectivity index is 2.61. The summed E-state index contributed by atoms with van der Waals surface area (Å²) in [6.07, 6.45) is 0. The molecule has 1 N–H and O–H groups in total. The topological polar surface area (TPSA) is 12.0 Å². The molecule has 94 valence electrons. The Morgan fingerprint density at radius 2 is 1.83 bits per heavy atom. The van der Waals surface area contributed by atoms with Gasteiger partial charge in [-0.3, -0.25) is 0 Å². The maximum Gasteiger partial charge on any atom is 0.0412 e. The third-order valence-electron chi connectivity index (χ3n) is 3.33. The molecule has 2 heteroatoms. The van der Waals surface area contributed by atoms with E-state index in [2.05, 4.69) is 49.5 Å². The van der Waals surface area contributed by atoms with Crippen molar-refractivity contribution < 1.29 is 0 Å². The van der Waals surface area contributed by atoms with E-state index in [0.717, 1.165) is 11.6 Å². The van der Waals surface area contributed by atoms with E-state index in [1.54, 1.807) is 0 Å². The molecule has 0 atom stereocenters. The van der Waals surface area contributed by atoms with Crippen LogP contribution in [0.5, 0.6) is 0 Å². The summed E-state index contributed by atoms with van der Waals surface area (Å²) in [6.45, 7) is 5.15. The summed E-state index contributed by atoms with van der Waals surface area (Å²) in [5.41, 5.74) is 6.39. The second kappa shape index (κ2) is 5.55. The summed E-state index contributed by atoms with van der Waals surface area (Å²) in [5, 5.41) is 3.99. The molecule has 2 rings (SSSR count). The van der Waals surface area contributed by atoms with Gasteiger partial charge in [0.1, 0.15) is 0 Å². The highest BCUT2D eigenvalue weighted by molar-refractivity contribution is 6.30. The molecule has 0 saturated carbocycles. The Labute approximate surface area is 114 Å². The quantitative estimate of drug-likeness (QED) is 0.865. The molecule has 0 aliphatic heterocycles. The second-order valence-corrected chi connectivity index (χ2v) is 5.02. The van der Waals surface area contributed by atoms with Crippen molar-refractivity contribution in [2.45, 2.75) is 20.4 Å². The van der Waals surface area contributed by atoms with Crippen molar-refractivity contribution in [2.24, 2.45) is 0 Å². The van der Waals surface area contributed by atoms with E-state index in [9.17, 15) is 0 Å². The van der Waals surface area contributed by atoms with Crippen LogP contribution in [0, 0.1) is 13.8 Å². The van der Waals surface area contributed by atoms with E-state index in [1.807, 2.05) is 13.1 Å². The average molecular weight is 260 g/mol. The van der Waals surface area contributed by atoms with Crippen LogP contribution < -0.4 is 5.32 Å². The molecule has 2 aromatic carbocycles. The van der Waals surface area contributed by atoms with Crippen molar-refractivity contribution in [3.63, 3.8) is 0 Å². The number of rotatable bonds is 3. The molecule has 0 amide bonds. The third-order valence-corrected chi connectivity index (χ3v) is 3.57. The monoisotopic (exact) mass is 259 g/mol. The molecule has 0 spiro atoms. The summed E-state index contributed by atoms with van der Waals surface area (Å²) in [5.74, 6) is 0. The first kappa shape index (κ1) is 13.1. The number of aryl methyl sites for hydroxylation is 1. The summed E-state index contributed by atoms with van der Waals surface area (Å²) in [7, 11) is 1.96. The Morgan fingerprint density at radius 3 is 2.56 bits per heavy atom. The van der Waals surface area contributed by atoms with Crippen LogP contribution in [0.15, 0.2) is 36.4 Å². The molecule has 0 fully saturated rings. The van der Waals surface area contributed by atoms with E-state index in [-0.39, 0.29) is 0 Å². The minimum atomic E-state index is 0.783. The fourth-order valence-electron chi connectivity index (χ4n) is 2.19. The summed E-state index contributed by atoms with van der Waals surface area (Å²) >= 11 is 6.14. The zero-order chi connectivity index (χ0) is 13.1. The molecule has 2 aromatic rings. The van der Waals surface area contributed by atoms with Crippen molar-refractivity contribution in [3.05, 3.63) is 58.1 Å². The standard InChI is InChI=1S/C16H18ClN/c1-11-5-4-6-15(12(11)2)16-9-14(17)8-7-13(16)10-18-3/h4-9,18H,10H2,1-3H3.